The molecule has 0 spiro atoms. The molecular weight excluding hydrogens is 363 g/mol. The van der Waals surface area contributed by atoms with Crippen molar-refractivity contribution in [3.63, 3.8) is 0 Å². The lowest BCUT2D eigenvalue weighted by molar-refractivity contribution is 0.0945. The summed E-state index contributed by atoms with van der Waals surface area (Å²) in [6.45, 7) is 0.296. The fourth-order valence-corrected chi connectivity index (χ4v) is 2.49. The summed E-state index contributed by atoms with van der Waals surface area (Å²) < 4.78 is 23.6. The van der Waals surface area contributed by atoms with Crippen LogP contribution in [0.4, 0.5) is 15.9 Å². The van der Waals surface area contributed by atoms with E-state index in [2.05, 4.69) is 20.6 Å². The molecule has 0 aliphatic carbocycles. The van der Waals surface area contributed by atoms with E-state index in [9.17, 15) is 9.18 Å². The third kappa shape index (κ3) is 4.73. The van der Waals surface area contributed by atoms with E-state index in [4.69, 9.17) is 9.47 Å². The van der Waals surface area contributed by atoms with Gasteiger partial charge in [-0.3, -0.25) is 4.79 Å². The highest BCUT2D eigenvalue weighted by atomic mass is 19.1. The predicted octanol–water partition coefficient (Wildman–Crippen LogP) is 3.31. The Labute approximate surface area is 161 Å². The summed E-state index contributed by atoms with van der Waals surface area (Å²) in [4.78, 5) is 20.5. The summed E-state index contributed by atoms with van der Waals surface area (Å²) in [6.07, 6.45) is 2.77. The van der Waals surface area contributed by atoms with Crippen molar-refractivity contribution in [1.82, 2.24) is 15.3 Å². The van der Waals surface area contributed by atoms with Gasteiger partial charge in [0.2, 0.25) is 0 Å². The maximum absolute atomic E-state index is 13.2. The number of halogens is 1. The van der Waals surface area contributed by atoms with Gasteiger partial charge in [0, 0.05) is 12.2 Å². The van der Waals surface area contributed by atoms with Crippen LogP contribution in [0.3, 0.4) is 0 Å². The van der Waals surface area contributed by atoms with Crippen molar-refractivity contribution < 1.29 is 18.7 Å². The lowest BCUT2D eigenvalue weighted by atomic mass is 10.2. The molecule has 0 atom stereocenters. The molecule has 1 aromatic heterocycles. The average molecular weight is 382 g/mol. The van der Waals surface area contributed by atoms with E-state index in [1.54, 1.807) is 38.5 Å². The van der Waals surface area contributed by atoms with Gasteiger partial charge in [0.05, 0.1) is 26.6 Å². The van der Waals surface area contributed by atoms with Crippen LogP contribution in [-0.2, 0) is 6.54 Å². The molecule has 28 heavy (non-hydrogen) atoms. The van der Waals surface area contributed by atoms with Gasteiger partial charge in [0.25, 0.3) is 5.91 Å². The Morgan fingerprint density at radius 3 is 2.54 bits per heavy atom. The van der Waals surface area contributed by atoms with Crippen LogP contribution < -0.4 is 20.1 Å². The molecule has 0 aliphatic heterocycles. The zero-order chi connectivity index (χ0) is 19.9. The first-order valence-corrected chi connectivity index (χ1v) is 8.43. The maximum Gasteiger partial charge on any atom is 0.271 e. The van der Waals surface area contributed by atoms with Gasteiger partial charge >= 0.3 is 0 Å². The number of aromatic nitrogens is 2. The first kappa shape index (κ1) is 19.1. The number of benzene rings is 2. The van der Waals surface area contributed by atoms with Crippen LogP contribution in [0.15, 0.2) is 54.9 Å². The van der Waals surface area contributed by atoms with Crippen molar-refractivity contribution in [1.29, 1.82) is 0 Å². The largest absolute Gasteiger partial charge is 0.493 e. The number of carbonyl (C=O) groups is 1. The van der Waals surface area contributed by atoms with Crippen LogP contribution in [0.5, 0.6) is 11.5 Å². The first-order valence-electron chi connectivity index (χ1n) is 8.43. The maximum atomic E-state index is 13.2. The van der Waals surface area contributed by atoms with Gasteiger partial charge in [-0.25, -0.2) is 14.4 Å². The van der Waals surface area contributed by atoms with Gasteiger partial charge < -0.3 is 20.1 Å². The van der Waals surface area contributed by atoms with Crippen LogP contribution in [0.1, 0.15) is 16.1 Å². The first-order chi connectivity index (χ1) is 13.6. The van der Waals surface area contributed by atoms with E-state index in [0.29, 0.717) is 29.5 Å². The van der Waals surface area contributed by atoms with Crippen LogP contribution in [0.2, 0.25) is 0 Å². The van der Waals surface area contributed by atoms with Gasteiger partial charge in [-0.05, 0) is 35.9 Å². The van der Waals surface area contributed by atoms with Crippen molar-refractivity contribution in [2.45, 2.75) is 6.54 Å². The van der Waals surface area contributed by atoms with Crippen LogP contribution in [0, 0.1) is 5.82 Å². The number of methoxy groups -OCH3 is 2. The molecule has 8 heteroatoms. The Morgan fingerprint density at radius 1 is 1.04 bits per heavy atom. The molecule has 0 unspecified atom stereocenters. The Kier molecular flexibility index (Phi) is 6.01. The number of carbonyl (C=O) groups excluding carboxylic acids is 1. The summed E-state index contributed by atoms with van der Waals surface area (Å²) in [5, 5.41) is 5.69. The van der Waals surface area contributed by atoms with Gasteiger partial charge in [-0.15, -0.1) is 0 Å². The van der Waals surface area contributed by atoms with Crippen molar-refractivity contribution in [3.8, 4) is 11.5 Å². The zero-order valence-electron chi connectivity index (χ0n) is 15.4. The van der Waals surface area contributed by atoms with Crippen LogP contribution in [-0.4, -0.2) is 30.1 Å². The molecule has 0 bridgehead atoms. The lowest BCUT2D eigenvalue weighted by Gasteiger charge is -2.10. The number of anilines is 2. The second kappa shape index (κ2) is 8.81. The molecule has 0 fully saturated rings. The third-order valence-corrected chi connectivity index (χ3v) is 3.88. The molecular formula is C20H19FN4O3. The molecule has 0 aliphatic rings. The molecule has 0 saturated carbocycles. The van der Waals surface area contributed by atoms with Crippen molar-refractivity contribution in [2.24, 2.45) is 0 Å². The monoisotopic (exact) mass is 382 g/mol. The Balaban J connectivity index is 1.60. The highest BCUT2D eigenvalue weighted by Crippen LogP contribution is 2.27. The van der Waals surface area contributed by atoms with Crippen molar-refractivity contribution in [3.05, 3.63) is 71.9 Å². The zero-order valence-corrected chi connectivity index (χ0v) is 15.4. The Hall–Kier alpha value is -3.68. The summed E-state index contributed by atoms with van der Waals surface area (Å²) in [5.74, 6) is 0.886. The number of hydrogen-bond donors (Lipinski definition) is 2. The minimum atomic E-state index is -0.361. The van der Waals surface area contributed by atoms with Crippen LogP contribution in [0.25, 0.3) is 0 Å². The van der Waals surface area contributed by atoms with Crippen LogP contribution >= 0.6 is 0 Å². The fraction of sp³-hybridized carbons (Fsp3) is 0.150. The number of ether oxygens (including phenoxy) is 2. The SMILES string of the molecule is COc1ccc(CNC(=O)c2cnc(Nc3cccc(F)c3)cn2)cc1OC. The molecule has 0 radical (unpaired) electrons. The number of nitrogens with zero attached hydrogens (tertiary/aromatic N) is 2. The van der Waals surface area contributed by atoms with Crippen molar-refractivity contribution >= 4 is 17.4 Å². The van der Waals surface area contributed by atoms with E-state index in [0.717, 1.165) is 5.56 Å². The van der Waals surface area contributed by atoms with E-state index in [-0.39, 0.29) is 17.4 Å². The number of amides is 1. The van der Waals surface area contributed by atoms with Gasteiger partial charge in [-0.2, -0.15) is 0 Å². The topological polar surface area (TPSA) is 85.4 Å². The number of nitrogens with one attached hydrogen (secondary N) is 2. The standard InChI is InChI=1S/C20H19FN4O3/c1-27-17-7-6-13(8-18(17)28-2)10-24-20(26)16-11-23-19(12-22-16)25-15-5-3-4-14(21)9-15/h3-9,11-12H,10H2,1-2H3,(H,23,25)(H,24,26). The van der Waals surface area contributed by atoms with Gasteiger partial charge in [0.1, 0.15) is 17.3 Å². The Bertz CT molecular complexity index is 964. The molecule has 1 heterocycles. The average Bonchev–Trinajstić information content (AvgIpc) is 2.72. The molecule has 7 nitrogen and oxygen atoms in total. The van der Waals surface area contributed by atoms with Crippen molar-refractivity contribution in [2.75, 3.05) is 19.5 Å². The summed E-state index contributed by atoms with van der Waals surface area (Å²) >= 11 is 0. The van der Waals surface area contributed by atoms with E-state index < -0.39 is 0 Å². The smallest absolute Gasteiger partial charge is 0.271 e. The molecule has 3 rings (SSSR count). The number of hydrogen-bond acceptors (Lipinski definition) is 6. The predicted molar refractivity (Wildman–Crippen MR) is 102 cm³/mol. The molecule has 2 aromatic carbocycles. The minimum absolute atomic E-state index is 0.172. The molecule has 144 valence electrons. The van der Waals surface area contributed by atoms with E-state index >= 15 is 0 Å². The quantitative estimate of drug-likeness (QED) is 0.652. The van der Waals surface area contributed by atoms with Gasteiger partial charge in [-0.1, -0.05) is 12.1 Å². The molecule has 0 saturated heterocycles. The molecule has 2 N–H and O–H groups in total. The second-order valence-electron chi connectivity index (χ2n) is 5.79. The summed E-state index contributed by atoms with van der Waals surface area (Å²) in [7, 11) is 3.11. The summed E-state index contributed by atoms with van der Waals surface area (Å²) in [6, 6.07) is 11.4. The second-order valence-corrected chi connectivity index (χ2v) is 5.79. The molecule has 3 aromatic rings. The Morgan fingerprint density at radius 2 is 1.86 bits per heavy atom. The third-order valence-electron chi connectivity index (χ3n) is 3.88. The number of rotatable bonds is 7. The lowest BCUT2D eigenvalue weighted by Crippen LogP contribution is -2.24. The normalized spacial score (nSPS) is 10.2. The highest BCUT2D eigenvalue weighted by Gasteiger charge is 2.10. The minimum Gasteiger partial charge on any atom is -0.493 e. The highest BCUT2D eigenvalue weighted by molar-refractivity contribution is 5.92. The van der Waals surface area contributed by atoms with Gasteiger partial charge in [0.15, 0.2) is 11.5 Å². The molecule has 1 amide bonds. The summed E-state index contributed by atoms with van der Waals surface area (Å²) in [5.41, 5.74) is 1.56. The van der Waals surface area contributed by atoms with E-state index in [1.807, 2.05) is 6.07 Å². The fourth-order valence-electron chi connectivity index (χ4n) is 2.49. The van der Waals surface area contributed by atoms with E-state index in [1.165, 1.54) is 24.5 Å².